The molecule has 0 spiro atoms. The van der Waals surface area contributed by atoms with E-state index in [1.165, 1.54) is 6.07 Å². The quantitative estimate of drug-likeness (QED) is 0.870. The van der Waals surface area contributed by atoms with Gasteiger partial charge < -0.3 is 9.73 Å². The maximum absolute atomic E-state index is 13.5. The highest BCUT2D eigenvalue weighted by Crippen LogP contribution is 2.15. The molecular weight excluding hydrogens is 245 g/mol. The molecule has 1 unspecified atom stereocenters. The van der Waals surface area contributed by atoms with Gasteiger partial charge in [-0.2, -0.15) is 0 Å². The summed E-state index contributed by atoms with van der Waals surface area (Å²) in [5, 5.41) is 11.2. The fourth-order valence-corrected chi connectivity index (χ4v) is 1.77. The van der Waals surface area contributed by atoms with Gasteiger partial charge in [-0.3, -0.25) is 0 Å². The van der Waals surface area contributed by atoms with Crippen LogP contribution in [0.4, 0.5) is 4.39 Å². The van der Waals surface area contributed by atoms with Crippen molar-refractivity contribution in [2.24, 2.45) is 0 Å². The van der Waals surface area contributed by atoms with Gasteiger partial charge in [0.15, 0.2) is 0 Å². The van der Waals surface area contributed by atoms with Crippen LogP contribution in [0.2, 0.25) is 0 Å². The molecule has 0 aliphatic rings. The van der Waals surface area contributed by atoms with Crippen LogP contribution in [-0.4, -0.2) is 16.7 Å². The molecular formula is C14H18FN3O. The molecule has 0 amide bonds. The molecule has 0 saturated carbocycles. The van der Waals surface area contributed by atoms with Crippen molar-refractivity contribution in [1.29, 1.82) is 0 Å². The van der Waals surface area contributed by atoms with Crippen LogP contribution in [0.25, 0.3) is 0 Å². The first-order valence-electron chi connectivity index (χ1n) is 6.49. The summed E-state index contributed by atoms with van der Waals surface area (Å²) < 4.78 is 19.1. The van der Waals surface area contributed by atoms with E-state index in [-0.39, 0.29) is 11.9 Å². The molecule has 2 rings (SSSR count). The van der Waals surface area contributed by atoms with E-state index >= 15 is 0 Å². The van der Waals surface area contributed by atoms with E-state index in [1.54, 1.807) is 18.2 Å². The highest BCUT2D eigenvalue weighted by Gasteiger charge is 2.14. The van der Waals surface area contributed by atoms with Crippen LogP contribution in [0.5, 0.6) is 0 Å². The third kappa shape index (κ3) is 3.61. The van der Waals surface area contributed by atoms with Crippen LogP contribution >= 0.6 is 0 Å². The zero-order valence-corrected chi connectivity index (χ0v) is 11.2. The van der Waals surface area contributed by atoms with Crippen molar-refractivity contribution in [2.45, 2.75) is 32.7 Å². The lowest BCUT2D eigenvalue weighted by Gasteiger charge is -2.07. The lowest BCUT2D eigenvalue weighted by atomic mass is 10.1. The molecule has 0 radical (unpaired) electrons. The number of hydrogen-bond acceptors (Lipinski definition) is 4. The second-order valence-electron chi connectivity index (χ2n) is 4.48. The SMILES string of the molecule is CCCNC(C)c1nnc(Cc2ccccc2F)o1. The number of aromatic nitrogens is 2. The maximum atomic E-state index is 13.5. The van der Waals surface area contributed by atoms with Crippen LogP contribution in [-0.2, 0) is 6.42 Å². The lowest BCUT2D eigenvalue weighted by Crippen LogP contribution is -2.19. The standard InChI is InChI=1S/C14H18FN3O/c1-3-8-16-10(2)14-18-17-13(19-14)9-11-6-4-5-7-12(11)15/h4-7,10,16H,3,8-9H2,1-2H3. The van der Waals surface area contributed by atoms with E-state index < -0.39 is 0 Å². The Bertz CT molecular complexity index is 527. The van der Waals surface area contributed by atoms with Gasteiger partial charge >= 0.3 is 0 Å². The Kier molecular flexibility index (Phi) is 4.63. The van der Waals surface area contributed by atoms with Crippen molar-refractivity contribution in [3.8, 4) is 0 Å². The summed E-state index contributed by atoms with van der Waals surface area (Å²) in [6.45, 7) is 4.96. The van der Waals surface area contributed by atoms with Crippen LogP contribution in [0.3, 0.4) is 0 Å². The van der Waals surface area contributed by atoms with E-state index in [1.807, 2.05) is 6.92 Å². The molecule has 1 heterocycles. The first-order valence-corrected chi connectivity index (χ1v) is 6.49. The molecule has 0 saturated heterocycles. The van der Waals surface area contributed by atoms with Gasteiger partial charge in [0.25, 0.3) is 0 Å². The fraction of sp³-hybridized carbons (Fsp3) is 0.429. The summed E-state index contributed by atoms with van der Waals surface area (Å²) in [5.41, 5.74) is 0.562. The summed E-state index contributed by atoms with van der Waals surface area (Å²) >= 11 is 0. The van der Waals surface area contributed by atoms with Gasteiger partial charge in [-0.15, -0.1) is 10.2 Å². The average molecular weight is 263 g/mol. The van der Waals surface area contributed by atoms with Gasteiger partial charge in [-0.1, -0.05) is 25.1 Å². The number of nitrogens with zero attached hydrogens (tertiary/aromatic N) is 2. The smallest absolute Gasteiger partial charge is 0.233 e. The van der Waals surface area contributed by atoms with Crippen molar-refractivity contribution in [2.75, 3.05) is 6.54 Å². The van der Waals surface area contributed by atoms with E-state index in [4.69, 9.17) is 4.42 Å². The van der Waals surface area contributed by atoms with Crippen LogP contribution < -0.4 is 5.32 Å². The van der Waals surface area contributed by atoms with Crippen molar-refractivity contribution in [3.05, 3.63) is 47.4 Å². The largest absolute Gasteiger partial charge is 0.423 e. The van der Waals surface area contributed by atoms with E-state index in [2.05, 4.69) is 22.4 Å². The molecule has 2 aromatic rings. The molecule has 0 aliphatic heterocycles. The van der Waals surface area contributed by atoms with Crippen LogP contribution in [0.15, 0.2) is 28.7 Å². The number of halogens is 1. The fourth-order valence-electron chi connectivity index (χ4n) is 1.77. The number of benzene rings is 1. The Morgan fingerprint density at radius 1 is 1.32 bits per heavy atom. The summed E-state index contributed by atoms with van der Waals surface area (Å²) in [7, 11) is 0. The van der Waals surface area contributed by atoms with Crippen molar-refractivity contribution >= 4 is 0 Å². The van der Waals surface area contributed by atoms with Crippen molar-refractivity contribution in [1.82, 2.24) is 15.5 Å². The minimum absolute atomic E-state index is 0.0156. The summed E-state index contributed by atoms with van der Waals surface area (Å²) in [6.07, 6.45) is 1.36. The minimum Gasteiger partial charge on any atom is -0.423 e. The Morgan fingerprint density at radius 3 is 2.84 bits per heavy atom. The highest BCUT2D eigenvalue weighted by molar-refractivity contribution is 5.20. The Labute approximate surface area is 112 Å². The second kappa shape index (κ2) is 6.43. The third-order valence-electron chi connectivity index (χ3n) is 2.85. The van der Waals surface area contributed by atoms with Gasteiger partial charge in [-0.25, -0.2) is 4.39 Å². The first kappa shape index (κ1) is 13.7. The molecule has 1 N–H and O–H groups in total. The predicted molar refractivity (Wildman–Crippen MR) is 70.2 cm³/mol. The van der Waals surface area contributed by atoms with Gasteiger partial charge in [0.2, 0.25) is 11.8 Å². The average Bonchev–Trinajstić information content (AvgIpc) is 2.87. The van der Waals surface area contributed by atoms with Crippen LogP contribution in [0.1, 0.15) is 43.7 Å². The van der Waals surface area contributed by atoms with Gasteiger partial charge in [0, 0.05) is 0 Å². The molecule has 4 nitrogen and oxygen atoms in total. The summed E-state index contributed by atoms with van der Waals surface area (Å²) in [4.78, 5) is 0. The molecule has 102 valence electrons. The summed E-state index contributed by atoms with van der Waals surface area (Å²) in [5.74, 6) is 0.726. The molecule has 0 fully saturated rings. The topological polar surface area (TPSA) is 51.0 Å². The lowest BCUT2D eigenvalue weighted by molar-refractivity contribution is 0.396. The Hall–Kier alpha value is -1.75. The zero-order chi connectivity index (χ0) is 13.7. The third-order valence-corrected chi connectivity index (χ3v) is 2.85. The van der Waals surface area contributed by atoms with Gasteiger partial charge in [0.05, 0.1) is 12.5 Å². The molecule has 0 aliphatic carbocycles. The first-order chi connectivity index (χ1) is 9.20. The van der Waals surface area contributed by atoms with E-state index in [9.17, 15) is 4.39 Å². The van der Waals surface area contributed by atoms with E-state index in [0.29, 0.717) is 23.8 Å². The predicted octanol–water partition coefficient (Wildman–Crippen LogP) is 2.86. The molecule has 5 heteroatoms. The Balaban J connectivity index is 2.03. The maximum Gasteiger partial charge on any atom is 0.233 e. The second-order valence-corrected chi connectivity index (χ2v) is 4.48. The Morgan fingerprint density at radius 2 is 2.11 bits per heavy atom. The molecule has 19 heavy (non-hydrogen) atoms. The number of hydrogen-bond donors (Lipinski definition) is 1. The monoisotopic (exact) mass is 263 g/mol. The number of nitrogens with one attached hydrogen (secondary N) is 1. The minimum atomic E-state index is -0.251. The summed E-state index contributed by atoms with van der Waals surface area (Å²) in [6, 6.07) is 6.62. The van der Waals surface area contributed by atoms with Crippen LogP contribution in [0, 0.1) is 5.82 Å². The molecule has 1 aromatic heterocycles. The van der Waals surface area contributed by atoms with Crippen molar-refractivity contribution in [3.63, 3.8) is 0 Å². The normalized spacial score (nSPS) is 12.6. The highest BCUT2D eigenvalue weighted by atomic mass is 19.1. The van der Waals surface area contributed by atoms with Crippen molar-refractivity contribution < 1.29 is 8.81 Å². The molecule has 0 bridgehead atoms. The molecule has 1 atom stereocenters. The van der Waals surface area contributed by atoms with Gasteiger partial charge in [-0.05, 0) is 31.5 Å². The van der Waals surface area contributed by atoms with E-state index in [0.717, 1.165) is 13.0 Å². The zero-order valence-electron chi connectivity index (χ0n) is 11.2. The number of rotatable bonds is 6. The van der Waals surface area contributed by atoms with Gasteiger partial charge in [0.1, 0.15) is 5.82 Å². The molecule has 1 aromatic carbocycles.